The molecular weight excluding hydrogens is 366 g/mol. The van der Waals surface area contributed by atoms with Gasteiger partial charge in [-0.1, -0.05) is 0 Å². The van der Waals surface area contributed by atoms with Crippen molar-refractivity contribution in [3.05, 3.63) is 48.0 Å². The first kappa shape index (κ1) is 19.2. The van der Waals surface area contributed by atoms with Gasteiger partial charge < -0.3 is 15.0 Å². The fourth-order valence-electron chi connectivity index (χ4n) is 2.93. The number of hydrogen-bond acceptors (Lipinski definition) is 5. The molecule has 2 N–H and O–H groups in total. The molecule has 0 aromatic heterocycles. The second-order valence-electron chi connectivity index (χ2n) is 6.38. The first-order valence-electron chi connectivity index (χ1n) is 8.66. The third-order valence-corrected chi connectivity index (χ3v) is 5.81. The lowest BCUT2D eigenvalue weighted by Crippen LogP contribution is -2.20. The van der Waals surface area contributed by atoms with Crippen molar-refractivity contribution >= 4 is 33.0 Å². The zero-order chi connectivity index (χ0) is 19.4. The molecule has 1 heterocycles. The Morgan fingerprint density at radius 3 is 2.52 bits per heavy atom. The molecule has 8 heteroatoms. The van der Waals surface area contributed by atoms with Gasteiger partial charge in [-0.05, 0) is 54.4 Å². The highest BCUT2D eigenvalue weighted by Crippen LogP contribution is 2.30. The van der Waals surface area contributed by atoms with Crippen LogP contribution < -0.4 is 14.9 Å². The number of amides is 1. The van der Waals surface area contributed by atoms with E-state index in [9.17, 15) is 13.2 Å². The van der Waals surface area contributed by atoms with E-state index in [4.69, 9.17) is 4.74 Å². The van der Waals surface area contributed by atoms with Gasteiger partial charge in [0.1, 0.15) is 0 Å². The van der Waals surface area contributed by atoms with E-state index in [0.29, 0.717) is 12.3 Å². The summed E-state index contributed by atoms with van der Waals surface area (Å²) in [6.07, 6.45) is 1.11. The average Bonchev–Trinajstić information content (AvgIpc) is 2.93. The summed E-state index contributed by atoms with van der Waals surface area (Å²) in [5.41, 5.74) is 2.86. The van der Waals surface area contributed by atoms with Crippen LogP contribution in [-0.4, -0.2) is 41.6 Å². The van der Waals surface area contributed by atoms with Crippen molar-refractivity contribution in [2.45, 2.75) is 17.7 Å². The Bertz CT molecular complexity index is 926. The SMILES string of the molecule is COCCCNc1ccc(NS(=O)(=O)c2ccc3c(c2)CC(=O)N3C)cc1. The molecule has 144 valence electrons. The number of fused-ring (bicyclic) bond motifs is 1. The number of likely N-dealkylation sites (N-methyl/N-ethyl adjacent to an activating group) is 1. The number of anilines is 3. The molecule has 7 nitrogen and oxygen atoms in total. The van der Waals surface area contributed by atoms with Crippen LogP contribution in [-0.2, 0) is 26.0 Å². The lowest BCUT2D eigenvalue weighted by Gasteiger charge is -2.12. The molecule has 1 amide bonds. The fraction of sp³-hybridized carbons (Fsp3) is 0.316. The number of rotatable bonds is 8. The number of carbonyl (C=O) groups is 1. The summed E-state index contributed by atoms with van der Waals surface area (Å²) < 4.78 is 32.9. The topological polar surface area (TPSA) is 87.7 Å². The van der Waals surface area contributed by atoms with Gasteiger partial charge in [-0.2, -0.15) is 0 Å². The molecular formula is C19H23N3O4S. The number of carbonyl (C=O) groups excluding carboxylic acids is 1. The van der Waals surface area contributed by atoms with E-state index in [1.807, 2.05) is 12.1 Å². The Morgan fingerprint density at radius 2 is 1.81 bits per heavy atom. The maximum absolute atomic E-state index is 12.7. The Kier molecular flexibility index (Phi) is 5.67. The molecule has 0 bridgehead atoms. The lowest BCUT2D eigenvalue weighted by atomic mass is 10.2. The quantitative estimate of drug-likeness (QED) is 0.677. The number of nitrogens with zero attached hydrogens (tertiary/aromatic N) is 1. The minimum Gasteiger partial charge on any atom is -0.385 e. The Labute approximate surface area is 159 Å². The Morgan fingerprint density at radius 1 is 1.11 bits per heavy atom. The first-order chi connectivity index (χ1) is 12.9. The van der Waals surface area contributed by atoms with E-state index in [2.05, 4.69) is 10.0 Å². The van der Waals surface area contributed by atoms with Gasteiger partial charge in [0.2, 0.25) is 5.91 Å². The van der Waals surface area contributed by atoms with Crippen LogP contribution in [0.2, 0.25) is 0 Å². The highest BCUT2D eigenvalue weighted by Gasteiger charge is 2.26. The number of hydrogen-bond donors (Lipinski definition) is 2. The lowest BCUT2D eigenvalue weighted by molar-refractivity contribution is -0.117. The molecule has 0 saturated carbocycles. The second-order valence-corrected chi connectivity index (χ2v) is 8.06. The molecule has 0 fully saturated rings. The van der Waals surface area contributed by atoms with E-state index in [1.165, 1.54) is 11.0 Å². The molecule has 0 atom stereocenters. The molecule has 27 heavy (non-hydrogen) atoms. The minimum absolute atomic E-state index is 0.0407. The summed E-state index contributed by atoms with van der Waals surface area (Å²) in [7, 11) is -0.373. The van der Waals surface area contributed by atoms with Gasteiger partial charge in [0.15, 0.2) is 0 Å². The van der Waals surface area contributed by atoms with Gasteiger partial charge in [-0.3, -0.25) is 9.52 Å². The number of ether oxygens (including phenoxy) is 1. The summed E-state index contributed by atoms with van der Waals surface area (Å²) in [6, 6.07) is 11.8. The van der Waals surface area contributed by atoms with Gasteiger partial charge in [0.05, 0.1) is 11.3 Å². The summed E-state index contributed by atoms with van der Waals surface area (Å²) in [4.78, 5) is 13.5. The van der Waals surface area contributed by atoms with Gasteiger partial charge in [-0.25, -0.2) is 8.42 Å². The van der Waals surface area contributed by atoms with Crippen LogP contribution in [0.25, 0.3) is 0 Å². The van der Waals surface area contributed by atoms with Crippen molar-refractivity contribution in [1.82, 2.24) is 0 Å². The molecule has 0 radical (unpaired) electrons. The van der Waals surface area contributed by atoms with Crippen LogP contribution >= 0.6 is 0 Å². The second kappa shape index (κ2) is 7.98. The van der Waals surface area contributed by atoms with Crippen molar-refractivity contribution in [3.63, 3.8) is 0 Å². The van der Waals surface area contributed by atoms with E-state index >= 15 is 0 Å². The monoisotopic (exact) mass is 389 g/mol. The zero-order valence-corrected chi connectivity index (χ0v) is 16.2. The standard InChI is InChI=1S/C19H23N3O4S/c1-22-18-9-8-17(12-14(18)13-19(22)23)27(24,25)21-16-6-4-15(5-7-16)20-10-3-11-26-2/h4-9,12,20-21H,3,10-11,13H2,1-2H3. The third kappa shape index (κ3) is 4.40. The van der Waals surface area contributed by atoms with Crippen molar-refractivity contribution in [2.24, 2.45) is 0 Å². The number of methoxy groups -OCH3 is 1. The van der Waals surface area contributed by atoms with Crippen molar-refractivity contribution in [1.29, 1.82) is 0 Å². The van der Waals surface area contributed by atoms with Crippen LogP contribution in [0.4, 0.5) is 17.1 Å². The van der Waals surface area contributed by atoms with Crippen LogP contribution in [0, 0.1) is 0 Å². The van der Waals surface area contributed by atoms with Gasteiger partial charge in [0, 0.05) is 44.4 Å². The number of sulfonamides is 1. The Hall–Kier alpha value is -2.58. The smallest absolute Gasteiger partial charge is 0.261 e. The van der Waals surface area contributed by atoms with Crippen LogP contribution in [0.5, 0.6) is 0 Å². The molecule has 0 spiro atoms. The maximum atomic E-state index is 12.7. The summed E-state index contributed by atoms with van der Waals surface area (Å²) in [6.45, 7) is 1.47. The summed E-state index contributed by atoms with van der Waals surface area (Å²) in [5, 5.41) is 3.24. The molecule has 2 aromatic carbocycles. The average molecular weight is 389 g/mol. The first-order valence-corrected chi connectivity index (χ1v) is 10.1. The number of nitrogens with one attached hydrogen (secondary N) is 2. The van der Waals surface area contributed by atoms with E-state index in [-0.39, 0.29) is 17.2 Å². The van der Waals surface area contributed by atoms with Gasteiger partial charge in [-0.15, -0.1) is 0 Å². The normalized spacial score (nSPS) is 13.6. The highest BCUT2D eigenvalue weighted by atomic mass is 32.2. The van der Waals surface area contributed by atoms with Gasteiger partial charge in [0.25, 0.3) is 10.0 Å². The predicted octanol–water partition coefficient (Wildman–Crippen LogP) is 2.45. The molecule has 0 unspecified atom stereocenters. The highest BCUT2D eigenvalue weighted by molar-refractivity contribution is 7.92. The van der Waals surface area contributed by atoms with E-state index in [1.54, 1.807) is 38.4 Å². The van der Waals surface area contributed by atoms with E-state index in [0.717, 1.165) is 29.9 Å². The molecule has 3 rings (SSSR count). The summed E-state index contributed by atoms with van der Waals surface area (Å²) in [5.74, 6) is -0.0407. The predicted molar refractivity (Wildman–Crippen MR) is 106 cm³/mol. The minimum atomic E-state index is -3.72. The summed E-state index contributed by atoms with van der Waals surface area (Å²) >= 11 is 0. The van der Waals surface area contributed by atoms with Crippen LogP contribution in [0.1, 0.15) is 12.0 Å². The Balaban J connectivity index is 1.68. The van der Waals surface area contributed by atoms with Gasteiger partial charge >= 0.3 is 0 Å². The molecule has 1 aliphatic heterocycles. The number of benzene rings is 2. The van der Waals surface area contributed by atoms with Crippen molar-refractivity contribution in [3.8, 4) is 0 Å². The van der Waals surface area contributed by atoms with Crippen molar-refractivity contribution in [2.75, 3.05) is 42.2 Å². The molecule has 0 aliphatic carbocycles. The molecule has 1 aliphatic rings. The third-order valence-electron chi connectivity index (χ3n) is 4.43. The van der Waals surface area contributed by atoms with Crippen LogP contribution in [0.3, 0.4) is 0 Å². The molecule has 2 aromatic rings. The zero-order valence-electron chi connectivity index (χ0n) is 15.4. The van der Waals surface area contributed by atoms with Crippen LogP contribution in [0.15, 0.2) is 47.4 Å². The largest absolute Gasteiger partial charge is 0.385 e. The molecule has 0 saturated heterocycles. The fourth-order valence-corrected chi connectivity index (χ4v) is 4.04. The van der Waals surface area contributed by atoms with Crippen molar-refractivity contribution < 1.29 is 17.9 Å². The maximum Gasteiger partial charge on any atom is 0.261 e. The van der Waals surface area contributed by atoms with E-state index < -0.39 is 10.0 Å².